The summed E-state index contributed by atoms with van der Waals surface area (Å²) < 4.78 is 92.3. The molecule has 0 radical (unpaired) electrons. The van der Waals surface area contributed by atoms with E-state index in [0.717, 1.165) is 6.92 Å². The van der Waals surface area contributed by atoms with E-state index in [0.29, 0.717) is 0 Å². The third-order valence-corrected chi connectivity index (χ3v) is 3.81. The normalized spacial score (nSPS) is 21.7. The van der Waals surface area contributed by atoms with Gasteiger partial charge in [-0.1, -0.05) is 30.3 Å². The molecule has 0 aromatic heterocycles. The third kappa shape index (κ3) is 3.04. The zero-order valence-corrected chi connectivity index (χ0v) is 13.2. The van der Waals surface area contributed by atoms with E-state index in [1.807, 2.05) is 0 Å². The SMILES string of the molecule is CC1=NN(C(=O)Cc2ccccc2)[C@](O)(C(F)(F)C(F)(F)C(F)(F)F)C1. The standard InChI is InChI=1S/C15H13F7N2O2/c1-9-8-12(26,13(16,17)14(18,19)15(20,21)22)24(23-9)11(25)7-10-5-3-2-4-6-10/h2-6,26H,7-8H2,1H3/t12-/m1/s1. The van der Waals surface area contributed by atoms with Gasteiger partial charge in [-0.05, 0) is 12.5 Å². The van der Waals surface area contributed by atoms with E-state index >= 15 is 0 Å². The maximum atomic E-state index is 14.1. The number of benzene rings is 1. The van der Waals surface area contributed by atoms with Crippen LogP contribution in [-0.2, 0) is 11.2 Å². The second-order valence-corrected chi connectivity index (χ2v) is 5.84. The summed E-state index contributed by atoms with van der Waals surface area (Å²) in [6.45, 7) is 1.02. The van der Waals surface area contributed by atoms with Crippen LogP contribution in [0.1, 0.15) is 18.9 Å². The summed E-state index contributed by atoms with van der Waals surface area (Å²) in [5, 5.41) is 12.9. The van der Waals surface area contributed by atoms with Crippen molar-refractivity contribution in [3.63, 3.8) is 0 Å². The highest BCUT2D eigenvalue weighted by Gasteiger charge is 2.82. The molecule has 0 aliphatic carbocycles. The fourth-order valence-electron chi connectivity index (χ4n) is 2.50. The van der Waals surface area contributed by atoms with Gasteiger partial charge in [0.05, 0.1) is 6.42 Å². The molecule has 0 saturated carbocycles. The van der Waals surface area contributed by atoms with Crippen molar-refractivity contribution in [3.05, 3.63) is 35.9 Å². The fourth-order valence-corrected chi connectivity index (χ4v) is 2.50. The van der Waals surface area contributed by atoms with Crippen LogP contribution in [0.2, 0.25) is 0 Å². The van der Waals surface area contributed by atoms with E-state index in [2.05, 4.69) is 5.10 Å². The van der Waals surface area contributed by atoms with Crippen LogP contribution < -0.4 is 0 Å². The van der Waals surface area contributed by atoms with Gasteiger partial charge in [0.2, 0.25) is 11.6 Å². The Kier molecular flexibility index (Phi) is 4.82. The van der Waals surface area contributed by atoms with E-state index in [1.54, 1.807) is 6.07 Å². The highest BCUT2D eigenvalue weighted by molar-refractivity contribution is 5.89. The summed E-state index contributed by atoms with van der Waals surface area (Å²) in [7, 11) is 0. The number of rotatable bonds is 4. The van der Waals surface area contributed by atoms with Crippen molar-refractivity contribution < 1.29 is 40.6 Å². The number of amides is 1. The van der Waals surface area contributed by atoms with Crippen LogP contribution in [-0.4, -0.2) is 45.5 Å². The van der Waals surface area contributed by atoms with Crippen LogP contribution >= 0.6 is 0 Å². The molecule has 1 heterocycles. The van der Waals surface area contributed by atoms with Crippen molar-refractivity contribution in [3.8, 4) is 0 Å². The zero-order valence-electron chi connectivity index (χ0n) is 13.2. The second-order valence-electron chi connectivity index (χ2n) is 5.84. The number of nitrogens with zero attached hydrogens (tertiary/aromatic N) is 2. The molecule has 0 spiro atoms. The highest BCUT2D eigenvalue weighted by atomic mass is 19.4. The van der Waals surface area contributed by atoms with E-state index in [-0.39, 0.29) is 10.6 Å². The lowest BCUT2D eigenvalue weighted by Crippen LogP contribution is -2.69. The number of alkyl halides is 7. The Morgan fingerprint density at radius 3 is 2.19 bits per heavy atom. The predicted molar refractivity (Wildman–Crippen MR) is 75.6 cm³/mol. The minimum absolute atomic E-state index is 0.269. The molecule has 144 valence electrons. The first-order chi connectivity index (χ1) is 11.7. The average Bonchev–Trinajstić information content (AvgIpc) is 2.83. The number of aliphatic hydroxyl groups is 1. The van der Waals surface area contributed by atoms with Crippen LogP contribution in [0.5, 0.6) is 0 Å². The molecule has 0 unspecified atom stereocenters. The van der Waals surface area contributed by atoms with Crippen molar-refractivity contribution in [2.75, 3.05) is 0 Å². The molecule has 1 aliphatic heterocycles. The van der Waals surface area contributed by atoms with E-state index < -0.39 is 48.2 Å². The minimum atomic E-state index is -6.64. The van der Waals surface area contributed by atoms with Crippen molar-refractivity contribution in [1.29, 1.82) is 0 Å². The Labute approximate surface area is 142 Å². The molecule has 1 amide bonds. The van der Waals surface area contributed by atoms with Crippen LogP contribution in [0.3, 0.4) is 0 Å². The van der Waals surface area contributed by atoms with Gasteiger partial charge in [-0.25, -0.2) is 0 Å². The molecule has 0 saturated heterocycles. The molecule has 1 N–H and O–H groups in total. The van der Waals surface area contributed by atoms with Gasteiger partial charge < -0.3 is 5.11 Å². The van der Waals surface area contributed by atoms with Crippen LogP contribution in [0.4, 0.5) is 30.7 Å². The smallest absolute Gasteiger partial charge is 0.364 e. The average molecular weight is 386 g/mol. The van der Waals surface area contributed by atoms with Gasteiger partial charge in [-0.3, -0.25) is 4.79 Å². The topological polar surface area (TPSA) is 52.9 Å². The summed E-state index contributed by atoms with van der Waals surface area (Å²) in [6, 6.07) is 7.40. The molecular weight excluding hydrogens is 373 g/mol. The van der Waals surface area contributed by atoms with E-state index in [9.17, 15) is 40.6 Å². The van der Waals surface area contributed by atoms with Gasteiger partial charge in [0.1, 0.15) is 0 Å². The van der Waals surface area contributed by atoms with Crippen LogP contribution in [0.15, 0.2) is 35.4 Å². The van der Waals surface area contributed by atoms with E-state index in [1.165, 1.54) is 24.3 Å². The first-order valence-corrected chi connectivity index (χ1v) is 7.20. The maximum Gasteiger partial charge on any atom is 0.460 e. The van der Waals surface area contributed by atoms with Crippen molar-refractivity contribution in [2.45, 2.75) is 43.5 Å². The molecule has 1 atom stereocenters. The van der Waals surface area contributed by atoms with E-state index in [4.69, 9.17) is 0 Å². The number of hydrazone groups is 1. The quantitative estimate of drug-likeness (QED) is 0.807. The van der Waals surface area contributed by atoms with Crippen LogP contribution in [0.25, 0.3) is 0 Å². The summed E-state index contributed by atoms with van der Waals surface area (Å²) in [4.78, 5) is 12.2. The van der Waals surface area contributed by atoms with Crippen LogP contribution in [0, 0.1) is 0 Å². The van der Waals surface area contributed by atoms with Gasteiger partial charge in [0, 0.05) is 12.1 Å². The van der Waals surface area contributed by atoms with Crippen molar-refractivity contribution in [2.24, 2.45) is 5.10 Å². The van der Waals surface area contributed by atoms with Crippen molar-refractivity contribution >= 4 is 11.6 Å². The predicted octanol–water partition coefficient (Wildman–Crippen LogP) is 3.36. The lowest BCUT2D eigenvalue weighted by molar-refractivity contribution is -0.401. The van der Waals surface area contributed by atoms with Gasteiger partial charge in [-0.2, -0.15) is 40.8 Å². The second kappa shape index (κ2) is 6.22. The fraction of sp³-hybridized carbons (Fsp3) is 0.467. The third-order valence-electron chi connectivity index (χ3n) is 3.81. The summed E-state index contributed by atoms with van der Waals surface area (Å²) in [5.41, 5.74) is -4.28. The molecule has 2 rings (SSSR count). The Bertz CT molecular complexity index is 718. The summed E-state index contributed by atoms with van der Waals surface area (Å²) in [6.07, 6.45) is -8.63. The summed E-state index contributed by atoms with van der Waals surface area (Å²) >= 11 is 0. The summed E-state index contributed by atoms with van der Waals surface area (Å²) in [5.74, 6) is -14.0. The number of hydrogen-bond donors (Lipinski definition) is 1. The number of hydrogen-bond acceptors (Lipinski definition) is 3. The lowest BCUT2D eigenvalue weighted by Gasteiger charge is -2.41. The Morgan fingerprint density at radius 2 is 1.69 bits per heavy atom. The highest BCUT2D eigenvalue weighted by Crippen LogP contribution is 2.54. The first-order valence-electron chi connectivity index (χ1n) is 7.20. The number of carbonyl (C=O) groups excluding carboxylic acids is 1. The lowest BCUT2D eigenvalue weighted by atomic mass is 9.93. The van der Waals surface area contributed by atoms with Gasteiger partial charge in [-0.15, -0.1) is 0 Å². The number of halogens is 7. The molecule has 1 aliphatic rings. The maximum absolute atomic E-state index is 14.1. The largest absolute Gasteiger partial charge is 0.460 e. The van der Waals surface area contributed by atoms with Gasteiger partial charge >= 0.3 is 18.0 Å². The molecule has 4 nitrogen and oxygen atoms in total. The zero-order chi connectivity index (χ0) is 20.0. The van der Waals surface area contributed by atoms with Gasteiger partial charge in [0.25, 0.3) is 0 Å². The molecule has 1 aromatic rings. The Hall–Kier alpha value is -2.17. The number of carbonyl (C=O) groups is 1. The van der Waals surface area contributed by atoms with Crippen molar-refractivity contribution in [1.82, 2.24) is 5.01 Å². The molecule has 1 aromatic carbocycles. The molecule has 26 heavy (non-hydrogen) atoms. The monoisotopic (exact) mass is 386 g/mol. The Balaban J connectivity index is 2.41. The molecule has 0 fully saturated rings. The van der Waals surface area contributed by atoms with Gasteiger partial charge in [0.15, 0.2) is 0 Å². The Morgan fingerprint density at radius 1 is 1.15 bits per heavy atom. The molecular formula is C15H13F7N2O2. The first kappa shape index (κ1) is 20.1. The molecule has 11 heteroatoms. The molecule has 0 bridgehead atoms. The minimum Gasteiger partial charge on any atom is -0.364 e.